The van der Waals surface area contributed by atoms with Crippen molar-refractivity contribution in [1.82, 2.24) is 20.2 Å². The zero-order chi connectivity index (χ0) is 28.4. The summed E-state index contributed by atoms with van der Waals surface area (Å²) in [6, 6.07) is 11.7. The summed E-state index contributed by atoms with van der Waals surface area (Å²) in [5, 5.41) is 5.96. The molecular weight excluding hydrogens is 525 g/mol. The van der Waals surface area contributed by atoms with Gasteiger partial charge in [0.15, 0.2) is 0 Å². The van der Waals surface area contributed by atoms with Gasteiger partial charge in [-0.2, -0.15) is 9.97 Å². The lowest BCUT2D eigenvalue weighted by molar-refractivity contribution is 0.107. The second kappa shape index (κ2) is 10.4. The van der Waals surface area contributed by atoms with E-state index in [1.165, 1.54) is 56.5 Å². The summed E-state index contributed by atoms with van der Waals surface area (Å²) >= 11 is 0. The van der Waals surface area contributed by atoms with Crippen LogP contribution in [0.1, 0.15) is 87.2 Å². The fraction of sp³-hybridized carbons (Fsp3) is 0.600. The van der Waals surface area contributed by atoms with E-state index in [0.29, 0.717) is 49.5 Å². The predicted octanol–water partition coefficient (Wildman–Crippen LogP) is 6.15. The second-order valence-electron chi connectivity index (χ2n) is 13.9. The number of benzene rings is 2. The first-order valence-corrected chi connectivity index (χ1v) is 16.5. The third-order valence-corrected chi connectivity index (χ3v) is 11.2. The van der Waals surface area contributed by atoms with Gasteiger partial charge in [-0.05, 0) is 98.9 Å². The molecule has 1 aromatic heterocycles. The molecule has 0 amide bonds. The molecule has 3 aromatic rings. The Morgan fingerprint density at radius 2 is 1.95 bits per heavy atom. The Balaban J connectivity index is 1.15. The molecule has 222 valence electrons. The molecule has 7 heteroatoms. The first kappa shape index (κ1) is 26.8. The minimum atomic E-state index is -0.114. The Morgan fingerprint density at radius 1 is 1.10 bits per heavy atom. The van der Waals surface area contributed by atoms with Gasteiger partial charge in [0.2, 0.25) is 0 Å². The van der Waals surface area contributed by atoms with Gasteiger partial charge in [0, 0.05) is 42.2 Å². The number of nitrogens with one attached hydrogen (secondary N) is 1. The molecule has 0 spiro atoms. The first-order chi connectivity index (χ1) is 20.5. The lowest BCUT2D eigenvalue weighted by Gasteiger charge is -2.35. The highest BCUT2D eigenvalue weighted by molar-refractivity contribution is 5.97. The van der Waals surface area contributed by atoms with E-state index in [0.717, 1.165) is 53.5 Å². The van der Waals surface area contributed by atoms with Crippen LogP contribution in [0.15, 0.2) is 30.3 Å². The summed E-state index contributed by atoms with van der Waals surface area (Å²) in [6.45, 7) is 9.05. The maximum absolute atomic E-state index is 15.0. The number of aryl methyl sites for hydroxylation is 1. The minimum Gasteiger partial charge on any atom is -0.461 e. The van der Waals surface area contributed by atoms with Crippen LogP contribution in [0, 0.1) is 11.7 Å². The molecule has 2 bridgehead atoms. The van der Waals surface area contributed by atoms with Crippen molar-refractivity contribution in [1.29, 1.82) is 0 Å². The zero-order valence-corrected chi connectivity index (χ0v) is 25.2. The molecule has 0 aliphatic carbocycles. The molecule has 0 radical (unpaired) electrons. The summed E-state index contributed by atoms with van der Waals surface area (Å²) in [5.41, 5.74) is 5.73. The number of aromatic nitrogens is 2. The van der Waals surface area contributed by atoms with Crippen LogP contribution in [0.5, 0.6) is 6.01 Å². The fourth-order valence-electron chi connectivity index (χ4n) is 9.36. The zero-order valence-electron chi connectivity index (χ0n) is 25.2. The van der Waals surface area contributed by atoms with Crippen molar-refractivity contribution in [3.8, 4) is 6.01 Å². The molecule has 4 saturated heterocycles. The number of anilines is 1. The van der Waals surface area contributed by atoms with Crippen LogP contribution in [0.25, 0.3) is 10.8 Å². The summed E-state index contributed by atoms with van der Waals surface area (Å²) in [5.74, 6) is 1.06. The van der Waals surface area contributed by atoms with E-state index >= 15 is 0 Å². The van der Waals surface area contributed by atoms with Crippen LogP contribution < -0.4 is 15.0 Å². The Kier molecular flexibility index (Phi) is 6.67. The summed E-state index contributed by atoms with van der Waals surface area (Å²) in [6.07, 6.45) is 10.1. The first-order valence-electron chi connectivity index (χ1n) is 16.5. The maximum atomic E-state index is 15.0. The van der Waals surface area contributed by atoms with E-state index < -0.39 is 0 Å². The normalized spacial score (nSPS) is 30.6. The van der Waals surface area contributed by atoms with Crippen LogP contribution in [0.2, 0.25) is 0 Å². The van der Waals surface area contributed by atoms with Crippen LogP contribution in [0.3, 0.4) is 0 Å². The van der Waals surface area contributed by atoms with E-state index in [-0.39, 0.29) is 11.4 Å². The summed E-state index contributed by atoms with van der Waals surface area (Å²) < 4.78 is 21.6. The Morgan fingerprint density at radius 3 is 2.79 bits per heavy atom. The molecule has 2 unspecified atom stereocenters. The third kappa shape index (κ3) is 4.50. The van der Waals surface area contributed by atoms with Gasteiger partial charge >= 0.3 is 6.01 Å². The summed E-state index contributed by atoms with van der Waals surface area (Å²) in [4.78, 5) is 15.5. The highest BCUT2D eigenvalue weighted by atomic mass is 19.1. The molecule has 8 rings (SSSR count). The number of rotatable bonds is 6. The molecule has 6 nitrogen and oxygen atoms in total. The van der Waals surface area contributed by atoms with Gasteiger partial charge in [0.25, 0.3) is 0 Å². The van der Waals surface area contributed by atoms with Crippen molar-refractivity contribution in [3.63, 3.8) is 0 Å². The molecule has 6 heterocycles. The predicted molar refractivity (Wildman–Crippen MR) is 165 cm³/mol. The van der Waals surface area contributed by atoms with Crippen molar-refractivity contribution in [2.75, 3.05) is 31.1 Å². The molecule has 0 saturated carbocycles. The number of halogens is 1. The molecule has 5 aliphatic rings. The Bertz CT molecular complexity index is 1500. The molecule has 1 N–H and O–H groups in total. The lowest BCUT2D eigenvalue weighted by atomic mass is 9.85. The molecule has 5 aliphatic heterocycles. The van der Waals surface area contributed by atoms with Crippen LogP contribution >= 0.6 is 0 Å². The molecule has 42 heavy (non-hydrogen) atoms. The third-order valence-electron chi connectivity index (χ3n) is 11.2. The van der Waals surface area contributed by atoms with Crippen molar-refractivity contribution in [2.24, 2.45) is 5.92 Å². The van der Waals surface area contributed by atoms with E-state index in [2.05, 4.69) is 40.2 Å². The minimum absolute atomic E-state index is 0.114. The standard InChI is InChI=1S/C35H44FN5O/c1-3-27-29(36)11-8-23-6-4-7-31(32(23)27)40-15-12-28-30(20-40)38-34(39-33(28)24-16-25-9-10-26(17-24)37-25)42-21-35-13-5-14-41(35)19-22(2)18-35/h4,6-8,11,22,24-26,37H,3,5,9-10,12-21H2,1-2H3/t22-,24?,25?,26?,35-/m0/s1. The average molecular weight is 570 g/mol. The smallest absolute Gasteiger partial charge is 0.316 e. The van der Waals surface area contributed by atoms with E-state index in [9.17, 15) is 4.39 Å². The quantitative estimate of drug-likeness (QED) is 0.385. The molecule has 2 aromatic carbocycles. The number of hydrogen-bond donors (Lipinski definition) is 1. The largest absolute Gasteiger partial charge is 0.461 e. The summed E-state index contributed by atoms with van der Waals surface area (Å²) in [7, 11) is 0. The van der Waals surface area contributed by atoms with Gasteiger partial charge in [-0.15, -0.1) is 0 Å². The highest BCUT2D eigenvalue weighted by Crippen LogP contribution is 2.43. The van der Waals surface area contributed by atoms with Crippen molar-refractivity contribution in [3.05, 3.63) is 58.7 Å². The van der Waals surface area contributed by atoms with Gasteiger partial charge in [0.05, 0.1) is 23.5 Å². The number of ether oxygens (including phenoxy) is 1. The van der Waals surface area contributed by atoms with Crippen LogP contribution in [-0.4, -0.2) is 58.7 Å². The van der Waals surface area contributed by atoms with Crippen LogP contribution in [0.4, 0.5) is 10.1 Å². The van der Waals surface area contributed by atoms with Crippen molar-refractivity contribution < 1.29 is 9.13 Å². The molecule has 4 atom stereocenters. The van der Waals surface area contributed by atoms with Crippen molar-refractivity contribution in [2.45, 2.75) is 102 Å². The maximum Gasteiger partial charge on any atom is 0.316 e. The van der Waals surface area contributed by atoms with Gasteiger partial charge in [0.1, 0.15) is 12.4 Å². The van der Waals surface area contributed by atoms with E-state index in [1.54, 1.807) is 6.07 Å². The number of nitrogens with zero attached hydrogens (tertiary/aromatic N) is 4. The monoisotopic (exact) mass is 569 g/mol. The van der Waals surface area contributed by atoms with Crippen molar-refractivity contribution >= 4 is 16.5 Å². The average Bonchev–Trinajstić information content (AvgIpc) is 3.65. The highest BCUT2D eigenvalue weighted by Gasteiger charge is 2.48. The SMILES string of the molecule is CCc1c(F)ccc2cccc(N3CCc4c(nc(OC[C@@]56CCCN5C[C@@H](C)C6)nc4C4CC5CCC(C4)N5)C3)c12. The molecule has 4 fully saturated rings. The van der Waals surface area contributed by atoms with Gasteiger partial charge < -0.3 is 15.0 Å². The van der Waals surface area contributed by atoms with Gasteiger partial charge in [-0.3, -0.25) is 4.90 Å². The van der Waals surface area contributed by atoms with Crippen LogP contribution in [-0.2, 0) is 19.4 Å². The Labute approximate surface area is 249 Å². The topological polar surface area (TPSA) is 53.5 Å². The Hall–Kier alpha value is -2.77. The second-order valence-corrected chi connectivity index (χ2v) is 13.9. The van der Waals surface area contributed by atoms with Gasteiger partial charge in [-0.1, -0.05) is 32.0 Å². The van der Waals surface area contributed by atoms with E-state index in [4.69, 9.17) is 14.7 Å². The fourth-order valence-corrected chi connectivity index (χ4v) is 9.36. The van der Waals surface area contributed by atoms with Gasteiger partial charge in [-0.25, -0.2) is 4.39 Å². The molecular formula is C35H44FN5O. The number of piperidine rings is 1. The number of hydrogen-bond acceptors (Lipinski definition) is 6. The van der Waals surface area contributed by atoms with E-state index in [1.807, 2.05) is 13.0 Å². The lowest BCUT2D eigenvalue weighted by Crippen LogP contribution is -2.43. The number of fused-ring (bicyclic) bond motifs is 5.